The largest absolute Gasteiger partial charge is 0.477 e. The molecular formula is C18H24N2O4. The van der Waals surface area contributed by atoms with Crippen molar-refractivity contribution in [3.05, 3.63) is 33.9 Å². The molecule has 0 aromatic heterocycles. The normalized spacial score (nSPS) is 26.2. The minimum absolute atomic E-state index is 0.116. The molecule has 3 rings (SSSR count). The lowest BCUT2D eigenvalue weighted by atomic mass is 9.84. The van der Waals surface area contributed by atoms with Crippen LogP contribution in [-0.2, 0) is 4.79 Å². The molecule has 130 valence electrons. The SMILES string of the molecule is Cc1ccc([N+](=O)[O-])c(OCC(=O)NC(C)C2CC3CCC2C3)c1. The molecule has 6 nitrogen and oxygen atoms in total. The van der Waals surface area contributed by atoms with Crippen molar-refractivity contribution in [2.24, 2.45) is 17.8 Å². The topological polar surface area (TPSA) is 81.5 Å². The number of rotatable bonds is 6. The Morgan fingerprint density at radius 2 is 2.21 bits per heavy atom. The highest BCUT2D eigenvalue weighted by atomic mass is 16.6. The highest BCUT2D eigenvalue weighted by Crippen LogP contribution is 2.49. The third-order valence-corrected chi connectivity index (χ3v) is 5.49. The minimum atomic E-state index is -0.495. The molecule has 2 saturated carbocycles. The molecule has 2 aliphatic rings. The first-order valence-corrected chi connectivity index (χ1v) is 8.61. The number of nitrogens with one attached hydrogen (secondary N) is 1. The van der Waals surface area contributed by atoms with Crippen LogP contribution in [-0.4, -0.2) is 23.5 Å². The van der Waals surface area contributed by atoms with Gasteiger partial charge < -0.3 is 10.1 Å². The van der Waals surface area contributed by atoms with Gasteiger partial charge in [0, 0.05) is 12.1 Å². The Balaban J connectivity index is 1.54. The summed E-state index contributed by atoms with van der Waals surface area (Å²) in [6.07, 6.45) is 5.12. The molecule has 0 heterocycles. The predicted molar refractivity (Wildman–Crippen MR) is 89.9 cm³/mol. The van der Waals surface area contributed by atoms with Gasteiger partial charge in [-0.05, 0) is 62.5 Å². The van der Waals surface area contributed by atoms with Crippen molar-refractivity contribution in [1.82, 2.24) is 5.32 Å². The first kappa shape index (κ1) is 16.7. The van der Waals surface area contributed by atoms with E-state index in [1.54, 1.807) is 12.1 Å². The lowest BCUT2D eigenvalue weighted by Crippen LogP contribution is -2.42. The van der Waals surface area contributed by atoms with Crippen molar-refractivity contribution in [1.29, 1.82) is 0 Å². The summed E-state index contributed by atoms with van der Waals surface area (Å²) in [5, 5.41) is 14.0. The minimum Gasteiger partial charge on any atom is -0.477 e. The second-order valence-electron chi connectivity index (χ2n) is 7.21. The second-order valence-corrected chi connectivity index (χ2v) is 7.21. The van der Waals surface area contributed by atoms with E-state index in [0.29, 0.717) is 5.92 Å². The molecule has 2 bridgehead atoms. The molecule has 2 aliphatic carbocycles. The number of benzene rings is 1. The van der Waals surface area contributed by atoms with E-state index in [1.807, 2.05) is 6.92 Å². The van der Waals surface area contributed by atoms with Crippen LogP contribution in [0.5, 0.6) is 5.75 Å². The summed E-state index contributed by atoms with van der Waals surface area (Å²) < 4.78 is 5.41. The number of nitro groups is 1. The number of ether oxygens (including phenoxy) is 1. The van der Waals surface area contributed by atoms with Crippen molar-refractivity contribution in [3.63, 3.8) is 0 Å². The molecule has 6 heteroatoms. The van der Waals surface area contributed by atoms with E-state index in [2.05, 4.69) is 12.2 Å². The number of hydrogen-bond acceptors (Lipinski definition) is 4. The number of nitro benzene ring substituents is 1. The smallest absolute Gasteiger partial charge is 0.310 e. The van der Waals surface area contributed by atoms with Crippen molar-refractivity contribution in [3.8, 4) is 5.75 Å². The van der Waals surface area contributed by atoms with Gasteiger partial charge in [0.25, 0.3) is 5.91 Å². The molecule has 0 spiro atoms. The lowest BCUT2D eigenvalue weighted by Gasteiger charge is -2.28. The summed E-state index contributed by atoms with van der Waals surface area (Å²) in [4.78, 5) is 22.7. The zero-order valence-electron chi connectivity index (χ0n) is 14.2. The average molecular weight is 332 g/mol. The van der Waals surface area contributed by atoms with Gasteiger partial charge in [-0.25, -0.2) is 0 Å². The van der Waals surface area contributed by atoms with Crippen LogP contribution in [0.15, 0.2) is 18.2 Å². The maximum absolute atomic E-state index is 12.1. The van der Waals surface area contributed by atoms with E-state index in [1.165, 1.54) is 31.7 Å². The second kappa shape index (κ2) is 6.79. The molecule has 0 radical (unpaired) electrons. The van der Waals surface area contributed by atoms with Gasteiger partial charge in [-0.3, -0.25) is 14.9 Å². The third kappa shape index (κ3) is 3.52. The Labute approximate surface area is 141 Å². The highest BCUT2D eigenvalue weighted by Gasteiger charge is 2.42. The first-order chi connectivity index (χ1) is 11.4. The van der Waals surface area contributed by atoms with Crippen molar-refractivity contribution in [2.45, 2.75) is 45.6 Å². The van der Waals surface area contributed by atoms with Crippen molar-refractivity contribution in [2.75, 3.05) is 6.61 Å². The molecule has 1 aromatic carbocycles. The van der Waals surface area contributed by atoms with Crippen LogP contribution < -0.4 is 10.1 Å². The number of nitrogens with zero attached hydrogens (tertiary/aromatic N) is 1. The van der Waals surface area contributed by atoms with E-state index >= 15 is 0 Å². The maximum atomic E-state index is 12.1. The molecule has 4 atom stereocenters. The molecular weight excluding hydrogens is 308 g/mol. The van der Waals surface area contributed by atoms with Crippen LogP contribution in [0.3, 0.4) is 0 Å². The van der Waals surface area contributed by atoms with Gasteiger partial charge in [0.15, 0.2) is 12.4 Å². The van der Waals surface area contributed by atoms with Gasteiger partial charge in [-0.1, -0.05) is 12.5 Å². The molecule has 1 N–H and O–H groups in total. The molecule has 0 aliphatic heterocycles. The lowest BCUT2D eigenvalue weighted by molar-refractivity contribution is -0.385. The van der Waals surface area contributed by atoms with Gasteiger partial charge in [0.05, 0.1) is 4.92 Å². The fourth-order valence-corrected chi connectivity index (χ4v) is 4.34. The maximum Gasteiger partial charge on any atom is 0.310 e. The molecule has 1 amide bonds. The van der Waals surface area contributed by atoms with Crippen LogP contribution in [0.2, 0.25) is 0 Å². The van der Waals surface area contributed by atoms with Gasteiger partial charge in [-0.15, -0.1) is 0 Å². The van der Waals surface area contributed by atoms with Crippen LogP contribution in [0.25, 0.3) is 0 Å². The number of hydrogen-bond donors (Lipinski definition) is 1. The number of aryl methyl sites for hydroxylation is 1. The average Bonchev–Trinajstić information content (AvgIpc) is 3.15. The summed E-state index contributed by atoms with van der Waals surface area (Å²) >= 11 is 0. The molecule has 1 aromatic rings. The molecule has 4 unspecified atom stereocenters. The van der Waals surface area contributed by atoms with Crippen LogP contribution in [0.1, 0.15) is 38.2 Å². The van der Waals surface area contributed by atoms with Crippen molar-refractivity contribution < 1.29 is 14.5 Å². The zero-order chi connectivity index (χ0) is 17.3. The Kier molecular flexibility index (Phi) is 4.73. The Bertz CT molecular complexity index is 646. The standard InChI is InChI=1S/C18H24N2O4/c1-11-3-6-16(20(22)23)17(7-11)24-10-18(21)19-12(2)15-9-13-4-5-14(15)8-13/h3,6-7,12-15H,4-5,8-10H2,1-2H3,(H,19,21). The van der Waals surface area contributed by atoms with E-state index in [0.717, 1.165) is 17.4 Å². The quantitative estimate of drug-likeness (QED) is 0.640. The van der Waals surface area contributed by atoms with E-state index in [9.17, 15) is 14.9 Å². The van der Waals surface area contributed by atoms with Crippen LogP contribution in [0, 0.1) is 34.8 Å². The van der Waals surface area contributed by atoms with E-state index in [4.69, 9.17) is 4.74 Å². The Morgan fingerprint density at radius 1 is 1.42 bits per heavy atom. The monoisotopic (exact) mass is 332 g/mol. The zero-order valence-corrected chi connectivity index (χ0v) is 14.2. The molecule has 2 fully saturated rings. The van der Waals surface area contributed by atoms with E-state index < -0.39 is 4.92 Å². The third-order valence-electron chi connectivity index (χ3n) is 5.49. The Hall–Kier alpha value is -2.11. The van der Waals surface area contributed by atoms with E-state index in [-0.39, 0.29) is 30.0 Å². The number of fused-ring (bicyclic) bond motifs is 2. The molecule has 0 saturated heterocycles. The fraction of sp³-hybridized carbons (Fsp3) is 0.611. The van der Waals surface area contributed by atoms with Gasteiger partial charge in [0.1, 0.15) is 0 Å². The number of carbonyl (C=O) groups is 1. The summed E-state index contributed by atoms with van der Waals surface area (Å²) in [5.74, 6) is 2.06. The highest BCUT2D eigenvalue weighted by molar-refractivity contribution is 5.78. The fourth-order valence-electron chi connectivity index (χ4n) is 4.34. The predicted octanol–water partition coefficient (Wildman–Crippen LogP) is 3.22. The van der Waals surface area contributed by atoms with Crippen molar-refractivity contribution >= 4 is 11.6 Å². The van der Waals surface area contributed by atoms with Crippen LogP contribution >= 0.6 is 0 Å². The number of carbonyl (C=O) groups excluding carboxylic acids is 1. The number of amides is 1. The summed E-state index contributed by atoms with van der Waals surface area (Å²) in [6, 6.07) is 4.77. The summed E-state index contributed by atoms with van der Waals surface area (Å²) in [7, 11) is 0. The van der Waals surface area contributed by atoms with Gasteiger partial charge in [0.2, 0.25) is 0 Å². The summed E-state index contributed by atoms with van der Waals surface area (Å²) in [6.45, 7) is 3.68. The summed E-state index contributed by atoms with van der Waals surface area (Å²) in [5.41, 5.74) is 0.737. The van der Waals surface area contributed by atoms with Gasteiger partial charge >= 0.3 is 5.69 Å². The molecule has 24 heavy (non-hydrogen) atoms. The first-order valence-electron chi connectivity index (χ1n) is 8.61. The van der Waals surface area contributed by atoms with Gasteiger partial charge in [-0.2, -0.15) is 0 Å². The van der Waals surface area contributed by atoms with Crippen LogP contribution in [0.4, 0.5) is 5.69 Å². The Morgan fingerprint density at radius 3 is 2.83 bits per heavy atom.